The maximum atomic E-state index is 9.71. The Kier molecular flexibility index (Phi) is 5.72. The van der Waals surface area contributed by atoms with Crippen LogP contribution in [-0.2, 0) is 0 Å². The largest absolute Gasteiger partial charge is 0.410 e. The number of hydrogen-bond acceptors (Lipinski definition) is 2. The molecular weight excluding hydrogens is 329 g/mol. The van der Waals surface area contributed by atoms with Gasteiger partial charge in [-0.25, -0.2) is 0 Å². The van der Waals surface area contributed by atoms with Crippen molar-refractivity contribution >= 4 is 28.9 Å². The first kappa shape index (κ1) is 17.8. The minimum absolute atomic E-state index is 0.259. The molecule has 0 saturated carbocycles. The Morgan fingerprint density at radius 3 is 1.52 bits per heavy atom. The summed E-state index contributed by atoms with van der Waals surface area (Å²) in [6.07, 6.45) is 0. The zero-order valence-corrected chi connectivity index (χ0v) is 15.3. The van der Waals surface area contributed by atoms with E-state index in [4.69, 9.17) is 23.2 Å². The molecule has 0 fully saturated rings. The molecule has 2 aromatic rings. The van der Waals surface area contributed by atoms with E-state index in [-0.39, 0.29) is 11.8 Å². The van der Waals surface area contributed by atoms with Gasteiger partial charge < -0.3 is 5.21 Å². The quantitative estimate of drug-likeness (QED) is 0.383. The van der Waals surface area contributed by atoms with E-state index in [0.29, 0.717) is 15.8 Å². The van der Waals surface area contributed by atoms with Crippen LogP contribution in [0.2, 0.25) is 10.0 Å². The van der Waals surface area contributed by atoms with Gasteiger partial charge in [0.2, 0.25) is 0 Å². The van der Waals surface area contributed by atoms with Crippen LogP contribution in [0.15, 0.2) is 41.6 Å². The van der Waals surface area contributed by atoms with E-state index < -0.39 is 0 Å². The third kappa shape index (κ3) is 3.88. The number of hydrogen-bond donors (Lipinski definition) is 1. The molecule has 0 unspecified atom stereocenters. The van der Waals surface area contributed by atoms with Crippen LogP contribution in [0.5, 0.6) is 0 Å². The predicted molar refractivity (Wildman–Crippen MR) is 98.5 cm³/mol. The fraction of sp³-hybridized carbons (Fsp3) is 0.316. The lowest BCUT2D eigenvalue weighted by molar-refractivity contribution is 0.319. The summed E-state index contributed by atoms with van der Waals surface area (Å²) in [5.41, 5.74) is 4.42. The zero-order valence-electron chi connectivity index (χ0n) is 13.8. The fourth-order valence-electron chi connectivity index (χ4n) is 2.71. The summed E-state index contributed by atoms with van der Waals surface area (Å²) in [5.74, 6) is 0.519. The summed E-state index contributed by atoms with van der Waals surface area (Å²) >= 11 is 12.3. The summed E-state index contributed by atoms with van der Waals surface area (Å²) in [6.45, 7) is 8.37. The topological polar surface area (TPSA) is 32.6 Å². The van der Waals surface area contributed by atoms with Gasteiger partial charge in [0.15, 0.2) is 0 Å². The number of halogens is 2. The van der Waals surface area contributed by atoms with Gasteiger partial charge in [0.1, 0.15) is 5.71 Å². The lowest BCUT2D eigenvalue weighted by Crippen LogP contribution is -2.11. The summed E-state index contributed by atoms with van der Waals surface area (Å²) < 4.78 is 0. The smallest absolute Gasteiger partial charge is 0.117 e. The van der Waals surface area contributed by atoms with Gasteiger partial charge in [-0.1, -0.05) is 68.2 Å². The standard InChI is InChI=1S/C19H21Cl2NO/c1-11(2)17-9-13(20)5-7-15(17)19(22-23)16-8-6-14(21)10-18(16)12(3)4/h5-12,23H,1-4H3. The summed E-state index contributed by atoms with van der Waals surface area (Å²) in [7, 11) is 0. The molecule has 122 valence electrons. The van der Waals surface area contributed by atoms with Crippen molar-refractivity contribution in [2.45, 2.75) is 39.5 Å². The normalized spacial score (nSPS) is 11.1. The molecule has 0 aliphatic heterocycles. The minimum atomic E-state index is 0.259. The van der Waals surface area contributed by atoms with E-state index >= 15 is 0 Å². The third-order valence-corrected chi connectivity index (χ3v) is 4.35. The van der Waals surface area contributed by atoms with Crippen molar-refractivity contribution in [3.8, 4) is 0 Å². The molecule has 1 N–H and O–H groups in total. The minimum Gasteiger partial charge on any atom is -0.410 e. The molecule has 23 heavy (non-hydrogen) atoms. The van der Waals surface area contributed by atoms with Gasteiger partial charge in [-0.05, 0) is 47.2 Å². The molecule has 0 radical (unpaired) electrons. The zero-order chi connectivity index (χ0) is 17.1. The van der Waals surface area contributed by atoms with Crippen molar-refractivity contribution in [1.29, 1.82) is 0 Å². The van der Waals surface area contributed by atoms with Crippen LogP contribution in [0, 0.1) is 0 Å². The van der Waals surface area contributed by atoms with E-state index in [2.05, 4.69) is 32.9 Å². The van der Waals surface area contributed by atoms with Crippen LogP contribution in [-0.4, -0.2) is 10.9 Å². The first-order valence-electron chi connectivity index (χ1n) is 7.66. The summed E-state index contributed by atoms with van der Waals surface area (Å²) in [6, 6.07) is 11.3. The maximum Gasteiger partial charge on any atom is 0.117 e. The summed E-state index contributed by atoms with van der Waals surface area (Å²) in [5, 5.41) is 14.7. The van der Waals surface area contributed by atoms with Crippen LogP contribution in [0.1, 0.15) is 61.8 Å². The Labute approximate surface area is 147 Å². The lowest BCUT2D eigenvalue weighted by atomic mass is 9.87. The van der Waals surface area contributed by atoms with Crippen LogP contribution < -0.4 is 0 Å². The Balaban J connectivity index is 2.68. The van der Waals surface area contributed by atoms with E-state index in [1.165, 1.54) is 0 Å². The van der Waals surface area contributed by atoms with Gasteiger partial charge in [-0.3, -0.25) is 0 Å². The molecule has 0 aliphatic rings. The first-order chi connectivity index (χ1) is 10.8. The van der Waals surface area contributed by atoms with Crippen molar-refractivity contribution in [3.63, 3.8) is 0 Å². The summed E-state index contributed by atoms with van der Waals surface area (Å²) in [4.78, 5) is 0. The number of benzene rings is 2. The highest BCUT2D eigenvalue weighted by molar-refractivity contribution is 6.31. The Hall–Kier alpha value is -1.51. The molecule has 4 heteroatoms. The predicted octanol–water partition coefficient (Wildman–Crippen LogP) is 6.47. The van der Waals surface area contributed by atoms with Gasteiger partial charge >= 0.3 is 0 Å². The van der Waals surface area contributed by atoms with E-state index in [1.807, 2.05) is 36.4 Å². The highest BCUT2D eigenvalue weighted by atomic mass is 35.5. The monoisotopic (exact) mass is 349 g/mol. The number of oxime groups is 1. The molecule has 2 nitrogen and oxygen atoms in total. The van der Waals surface area contributed by atoms with Crippen molar-refractivity contribution in [2.75, 3.05) is 0 Å². The van der Waals surface area contributed by atoms with Crippen molar-refractivity contribution < 1.29 is 5.21 Å². The Bertz CT molecular complexity index is 677. The molecular formula is C19H21Cl2NO. The highest BCUT2D eigenvalue weighted by Gasteiger charge is 2.19. The van der Waals surface area contributed by atoms with Crippen molar-refractivity contribution in [2.24, 2.45) is 5.16 Å². The first-order valence-corrected chi connectivity index (χ1v) is 8.42. The fourth-order valence-corrected chi connectivity index (χ4v) is 3.07. The van der Waals surface area contributed by atoms with Gasteiger partial charge in [-0.2, -0.15) is 0 Å². The Morgan fingerprint density at radius 1 is 0.826 bits per heavy atom. The molecule has 0 saturated heterocycles. The molecule has 0 aromatic heterocycles. The van der Waals surface area contributed by atoms with Crippen LogP contribution in [0.3, 0.4) is 0 Å². The van der Waals surface area contributed by atoms with Gasteiger partial charge in [0, 0.05) is 21.2 Å². The second kappa shape index (κ2) is 7.37. The van der Waals surface area contributed by atoms with Crippen LogP contribution >= 0.6 is 23.2 Å². The average molecular weight is 350 g/mol. The second-order valence-corrected chi connectivity index (χ2v) is 7.09. The molecule has 2 rings (SSSR count). The molecule has 0 spiro atoms. The molecule has 0 bridgehead atoms. The SMILES string of the molecule is CC(C)c1cc(Cl)ccc1C(=NO)c1ccc(Cl)cc1C(C)C. The van der Waals surface area contributed by atoms with E-state index in [9.17, 15) is 5.21 Å². The van der Waals surface area contributed by atoms with E-state index in [1.54, 1.807) is 0 Å². The molecule has 0 aliphatic carbocycles. The lowest BCUT2D eigenvalue weighted by Gasteiger charge is -2.18. The van der Waals surface area contributed by atoms with Gasteiger partial charge in [-0.15, -0.1) is 0 Å². The van der Waals surface area contributed by atoms with Crippen LogP contribution in [0.25, 0.3) is 0 Å². The van der Waals surface area contributed by atoms with Gasteiger partial charge in [0.25, 0.3) is 0 Å². The second-order valence-electron chi connectivity index (χ2n) is 6.22. The number of rotatable bonds is 4. The average Bonchev–Trinajstić information content (AvgIpc) is 2.50. The van der Waals surface area contributed by atoms with Crippen molar-refractivity contribution in [1.82, 2.24) is 0 Å². The van der Waals surface area contributed by atoms with Crippen LogP contribution in [0.4, 0.5) is 0 Å². The third-order valence-electron chi connectivity index (χ3n) is 3.88. The highest BCUT2D eigenvalue weighted by Crippen LogP contribution is 2.30. The van der Waals surface area contributed by atoms with Gasteiger partial charge in [0.05, 0.1) is 0 Å². The van der Waals surface area contributed by atoms with E-state index in [0.717, 1.165) is 22.3 Å². The van der Waals surface area contributed by atoms with Crippen molar-refractivity contribution in [3.05, 3.63) is 68.7 Å². The molecule has 2 aromatic carbocycles. The molecule has 0 heterocycles. The Morgan fingerprint density at radius 2 is 1.22 bits per heavy atom. The maximum absolute atomic E-state index is 9.71. The molecule has 0 amide bonds. The molecule has 0 atom stereocenters. The number of nitrogens with zero attached hydrogens (tertiary/aromatic N) is 1.